The van der Waals surface area contributed by atoms with Crippen LogP contribution in [-0.4, -0.2) is 0 Å². The van der Waals surface area contributed by atoms with Crippen molar-refractivity contribution in [2.24, 2.45) is 5.41 Å². The number of hydrogen-bond donors (Lipinski definition) is 0. The Hall–Kier alpha value is -0.960. The van der Waals surface area contributed by atoms with Gasteiger partial charge in [-0.1, -0.05) is 38.2 Å². The van der Waals surface area contributed by atoms with Crippen molar-refractivity contribution in [1.82, 2.24) is 0 Å². The Balaban J connectivity index is 0.000000261. The summed E-state index contributed by atoms with van der Waals surface area (Å²) in [5, 5.41) is 0. The molecular weight excluding hydrogens is 144 g/mol. The second kappa shape index (κ2) is 5.66. The summed E-state index contributed by atoms with van der Waals surface area (Å²) in [5.41, 5.74) is 0.411. The molecule has 0 saturated heterocycles. The zero-order valence-electron chi connectivity index (χ0n) is 8.52. The van der Waals surface area contributed by atoms with E-state index in [-0.39, 0.29) is 0 Å². The van der Waals surface area contributed by atoms with Gasteiger partial charge < -0.3 is 0 Å². The average molecular weight is 162 g/mol. The molecular formula is C12H18. The molecule has 1 rings (SSSR count). The largest absolute Gasteiger partial charge is 0.107 e. The second-order valence-electron chi connectivity index (χ2n) is 3.48. The fourth-order valence-corrected chi connectivity index (χ4v) is 0.834. The van der Waals surface area contributed by atoms with E-state index in [2.05, 4.69) is 50.0 Å². The lowest BCUT2D eigenvalue weighted by Gasteiger charge is -2.19. The van der Waals surface area contributed by atoms with Crippen LogP contribution in [0.3, 0.4) is 0 Å². The maximum Gasteiger partial charge on any atom is -0.00271 e. The molecule has 0 aromatic carbocycles. The predicted molar refractivity (Wildman–Crippen MR) is 55.8 cm³/mol. The maximum atomic E-state index is 2.68. The first-order chi connectivity index (χ1) is 5.62. The van der Waals surface area contributed by atoms with Crippen LogP contribution in [0.1, 0.15) is 34.1 Å². The number of hydrogen-bond acceptors (Lipinski definition) is 0. The van der Waals surface area contributed by atoms with Gasteiger partial charge in [0.2, 0.25) is 0 Å². The van der Waals surface area contributed by atoms with Crippen LogP contribution in [0.15, 0.2) is 24.3 Å². The van der Waals surface area contributed by atoms with Crippen LogP contribution in [0.2, 0.25) is 0 Å². The SMILES string of the molecule is CC#CC.CC1(C)C=CC=CC1. The van der Waals surface area contributed by atoms with Crippen LogP contribution in [0.25, 0.3) is 0 Å². The van der Waals surface area contributed by atoms with Crippen molar-refractivity contribution in [1.29, 1.82) is 0 Å². The summed E-state index contributed by atoms with van der Waals surface area (Å²) in [4.78, 5) is 0. The van der Waals surface area contributed by atoms with Gasteiger partial charge >= 0.3 is 0 Å². The Morgan fingerprint density at radius 3 is 1.83 bits per heavy atom. The molecule has 0 unspecified atom stereocenters. The van der Waals surface area contributed by atoms with Gasteiger partial charge in [-0.3, -0.25) is 0 Å². The summed E-state index contributed by atoms with van der Waals surface area (Å²) in [7, 11) is 0. The first-order valence-corrected chi connectivity index (χ1v) is 4.30. The third-order valence-corrected chi connectivity index (χ3v) is 1.69. The lowest BCUT2D eigenvalue weighted by molar-refractivity contribution is 0.484. The maximum absolute atomic E-state index is 2.68. The minimum Gasteiger partial charge on any atom is -0.107 e. The fraction of sp³-hybridized carbons (Fsp3) is 0.500. The fourth-order valence-electron chi connectivity index (χ4n) is 0.834. The lowest BCUT2D eigenvalue weighted by Crippen LogP contribution is -2.06. The first kappa shape index (κ1) is 11.0. The van der Waals surface area contributed by atoms with Gasteiger partial charge in [-0.05, 0) is 25.7 Å². The first-order valence-electron chi connectivity index (χ1n) is 4.30. The summed E-state index contributed by atoms with van der Waals surface area (Å²) in [6, 6.07) is 0. The van der Waals surface area contributed by atoms with Crippen molar-refractivity contribution in [3.05, 3.63) is 24.3 Å². The molecule has 0 bridgehead atoms. The molecule has 0 N–H and O–H groups in total. The minimum absolute atomic E-state index is 0.411. The molecule has 0 fully saturated rings. The molecule has 66 valence electrons. The Bertz CT molecular complexity index is 212. The zero-order chi connectivity index (χ0) is 9.45. The zero-order valence-corrected chi connectivity index (χ0v) is 8.52. The van der Waals surface area contributed by atoms with Gasteiger partial charge in [-0.25, -0.2) is 0 Å². The normalized spacial score (nSPS) is 17.0. The van der Waals surface area contributed by atoms with Crippen molar-refractivity contribution >= 4 is 0 Å². The smallest absolute Gasteiger partial charge is 0.00271 e. The predicted octanol–water partition coefficient (Wildman–Crippen LogP) is 3.56. The number of allylic oxidation sites excluding steroid dienone is 4. The molecule has 1 aliphatic carbocycles. The summed E-state index contributed by atoms with van der Waals surface area (Å²) >= 11 is 0. The molecule has 0 aliphatic heterocycles. The monoisotopic (exact) mass is 162 g/mol. The van der Waals surface area contributed by atoms with Crippen molar-refractivity contribution in [3.63, 3.8) is 0 Å². The van der Waals surface area contributed by atoms with E-state index in [4.69, 9.17) is 0 Å². The van der Waals surface area contributed by atoms with E-state index < -0.39 is 0 Å². The summed E-state index contributed by atoms with van der Waals surface area (Å²) in [6.07, 6.45) is 9.85. The Morgan fingerprint density at radius 2 is 1.67 bits per heavy atom. The van der Waals surface area contributed by atoms with Gasteiger partial charge in [0.15, 0.2) is 0 Å². The van der Waals surface area contributed by atoms with E-state index in [1.165, 1.54) is 6.42 Å². The van der Waals surface area contributed by atoms with Crippen LogP contribution in [0.5, 0.6) is 0 Å². The average Bonchev–Trinajstić information content (AvgIpc) is 2.05. The molecule has 1 aliphatic rings. The summed E-state index contributed by atoms with van der Waals surface area (Å²) in [6.45, 7) is 8.12. The highest BCUT2D eigenvalue weighted by Gasteiger charge is 2.11. The van der Waals surface area contributed by atoms with E-state index in [1.54, 1.807) is 0 Å². The summed E-state index contributed by atoms with van der Waals surface area (Å²) < 4.78 is 0. The molecule has 0 radical (unpaired) electrons. The quantitative estimate of drug-likeness (QED) is 0.478. The van der Waals surface area contributed by atoms with Crippen LogP contribution < -0.4 is 0 Å². The van der Waals surface area contributed by atoms with Crippen LogP contribution in [0, 0.1) is 17.3 Å². The molecule has 12 heavy (non-hydrogen) atoms. The third-order valence-electron chi connectivity index (χ3n) is 1.69. The van der Waals surface area contributed by atoms with E-state index in [0.717, 1.165) is 0 Å². The molecule has 0 saturated carbocycles. The molecule has 0 spiro atoms. The van der Waals surface area contributed by atoms with Gasteiger partial charge in [-0.15, -0.1) is 11.8 Å². The van der Waals surface area contributed by atoms with Crippen molar-refractivity contribution in [2.75, 3.05) is 0 Å². The van der Waals surface area contributed by atoms with E-state index in [9.17, 15) is 0 Å². The summed E-state index contributed by atoms with van der Waals surface area (Å²) in [5.74, 6) is 5.36. The molecule has 0 amide bonds. The Kier molecular flexibility index (Phi) is 5.21. The Morgan fingerprint density at radius 1 is 1.08 bits per heavy atom. The number of rotatable bonds is 0. The minimum atomic E-state index is 0.411. The van der Waals surface area contributed by atoms with E-state index >= 15 is 0 Å². The third kappa shape index (κ3) is 5.80. The molecule has 0 aromatic heterocycles. The topological polar surface area (TPSA) is 0 Å². The highest BCUT2D eigenvalue weighted by molar-refractivity contribution is 5.14. The van der Waals surface area contributed by atoms with Gasteiger partial charge in [0.1, 0.15) is 0 Å². The van der Waals surface area contributed by atoms with E-state index in [1.807, 2.05) is 13.8 Å². The van der Waals surface area contributed by atoms with Gasteiger partial charge in [0, 0.05) is 0 Å². The lowest BCUT2D eigenvalue weighted by atomic mass is 9.86. The van der Waals surface area contributed by atoms with Gasteiger partial charge in [0.05, 0.1) is 0 Å². The molecule has 0 heteroatoms. The van der Waals surface area contributed by atoms with Crippen LogP contribution in [0.4, 0.5) is 0 Å². The van der Waals surface area contributed by atoms with E-state index in [0.29, 0.717) is 5.41 Å². The standard InChI is InChI=1S/C8H12.C4H6/c1-8(2)6-4-3-5-7-8;1-3-4-2/h3-6H,7H2,1-2H3;1-2H3. The van der Waals surface area contributed by atoms with Gasteiger partial charge in [-0.2, -0.15) is 0 Å². The van der Waals surface area contributed by atoms with Crippen molar-refractivity contribution in [3.8, 4) is 11.8 Å². The molecule has 0 nitrogen and oxygen atoms in total. The van der Waals surface area contributed by atoms with Crippen molar-refractivity contribution < 1.29 is 0 Å². The highest BCUT2D eigenvalue weighted by atomic mass is 14.2. The van der Waals surface area contributed by atoms with Gasteiger partial charge in [0.25, 0.3) is 0 Å². The molecule has 0 atom stereocenters. The van der Waals surface area contributed by atoms with Crippen molar-refractivity contribution in [2.45, 2.75) is 34.1 Å². The Labute approximate surface area is 76.4 Å². The second-order valence-corrected chi connectivity index (χ2v) is 3.48. The molecule has 0 heterocycles. The highest BCUT2D eigenvalue weighted by Crippen LogP contribution is 2.24. The van der Waals surface area contributed by atoms with Crippen LogP contribution in [-0.2, 0) is 0 Å². The molecule has 0 aromatic rings. The van der Waals surface area contributed by atoms with Crippen LogP contribution >= 0.6 is 0 Å².